The normalized spacial score (nSPS) is 22.7. The molecule has 4 N–H and O–H groups in total. The second-order valence-electron chi connectivity index (χ2n) is 4.32. The van der Waals surface area contributed by atoms with Gasteiger partial charge in [0.1, 0.15) is 5.82 Å². The van der Waals surface area contributed by atoms with E-state index >= 15 is 0 Å². The van der Waals surface area contributed by atoms with Crippen molar-refractivity contribution in [3.05, 3.63) is 24.0 Å². The Balaban J connectivity index is 1.79. The average Bonchev–Trinajstić information content (AvgIpc) is 2.41. The van der Waals surface area contributed by atoms with Crippen LogP contribution in [0.4, 0.5) is 0 Å². The van der Waals surface area contributed by atoms with Gasteiger partial charge in [-0.3, -0.25) is 14.9 Å². The number of hydrogen-bond acceptors (Lipinski definition) is 4. The van der Waals surface area contributed by atoms with Gasteiger partial charge in [-0.2, -0.15) is 0 Å². The van der Waals surface area contributed by atoms with Crippen molar-refractivity contribution < 1.29 is 9.59 Å². The van der Waals surface area contributed by atoms with Crippen LogP contribution in [0.3, 0.4) is 0 Å². The van der Waals surface area contributed by atoms with Crippen LogP contribution in [-0.4, -0.2) is 31.1 Å². The number of allylic oxidation sites excluding steroid dienone is 2. The van der Waals surface area contributed by atoms with E-state index < -0.39 is 11.8 Å². The molecule has 0 aromatic rings. The van der Waals surface area contributed by atoms with Gasteiger partial charge in [-0.05, 0) is 31.9 Å². The highest BCUT2D eigenvalue weighted by Gasteiger charge is 2.20. The van der Waals surface area contributed by atoms with Crippen LogP contribution in [0.5, 0.6) is 0 Å². The Hall–Kier alpha value is -1.82. The average molecular weight is 250 g/mol. The molecule has 2 aliphatic rings. The Labute approximate surface area is 106 Å². The minimum Gasteiger partial charge on any atom is -0.368 e. The zero-order valence-corrected chi connectivity index (χ0v) is 10.2. The Morgan fingerprint density at radius 3 is 2.83 bits per heavy atom. The lowest BCUT2D eigenvalue weighted by Gasteiger charge is -2.24. The minimum atomic E-state index is -0.642. The van der Waals surface area contributed by atoms with E-state index in [0.29, 0.717) is 12.4 Å². The zero-order chi connectivity index (χ0) is 12.8. The molecule has 1 fully saturated rings. The summed E-state index contributed by atoms with van der Waals surface area (Å²) in [6, 6.07) is 0. The third-order valence-electron chi connectivity index (χ3n) is 2.88. The molecule has 0 radical (unpaired) electrons. The van der Waals surface area contributed by atoms with E-state index in [1.165, 1.54) is 0 Å². The van der Waals surface area contributed by atoms with Crippen molar-refractivity contribution in [3.63, 3.8) is 0 Å². The van der Waals surface area contributed by atoms with E-state index in [0.717, 1.165) is 25.8 Å². The van der Waals surface area contributed by atoms with E-state index in [1.54, 1.807) is 6.08 Å². The summed E-state index contributed by atoms with van der Waals surface area (Å²) >= 11 is 0. The largest absolute Gasteiger partial charge is 0.368 e. The van der Waals surface area contributed by atoms with Crippen molar-refractivity contribution in [2.75, 3.05) is 13.1 Å². The third-order valence-corrected chi connectivity index (χ3v) is 2.88. The predicted octanol–water partition coefficient (Wildman–Crippen LogP) is -0.681. The van der Waals surface area contributed by atoms with E-state index in [1.807, 2.05) is 12.2 Å². The Morgan fingerprint density at radius 1 is 1.28 bits per heavy atom. The molecule has 0 aromatic carbocycles. The summed E-state index contributed by atoms with van der Waals surface area (Å²) in [5, 5.41) is 11.3. The highest BCUT2D eigenvalue weighted by Crippen LogP contribution is 2.04. The molecule has 2 rings (SSSR count). The van der Waals surface area contributed by atoms with Crippen molar-refractivity contribution in [1.29, 1.82) is 0 Å². The van der Waals surface area contributed by atoms with Crippen LogP contribution in [-0.2, 0) is 9.59 Å². The first-order valence-electron chi connectivity index (χ1n) is 6.21. The first-order chi connectivity index (χ1) is 8.75. The van der Waals surface area contributed by atoms with Gasteiger partial charge in [0.2, 0.25) is 0 Å². The van der Waals surface area contributed by atoms with Gasteiger partial charge in [-0.15, -0.1) is 0 Å². The molecule has 0 bridgehead atoms. The van der Waals surface area contributed by atoms with E-state index in [-0.39, 0.29) is 6.17 Å². The molecule has 0 spiro atoms. The summed E-state index contributed by atoms with van der Waals surface area (Å²) in [4.78, 5) is 23.3. The van der Waals surface area contributed by atoms with Gasteiger partial charge in [0.05, 0.1) is 6.17 Å². The van der Waals surface area contributed by atoms with Crippen LogP contribution in [0.25, 0.3) is 0 Å². The Bertz CT molecular complexity index is 384. The predicted molar refractivity (Wildman–Crippen MR) is 67.2 cm³/mol. The molecule has 0 aromatic heterocycles. The fourth-order valence-corrected chi connectivity index (χ4v) is 1.92. The van der Waals surface area contributed by atoms with Gasteiger partial charge in [0.25, 0.3) is 0 Å². The van der Waals surface area contributed by atoms with Crippen LogP contribution in [0.1, 0.15) is 19.3 Å². The van der Waals surface area contributed by atoms with Gasteiger partial charge in [0.15, 0.2) is 0 Å². The monoisotopic (exact) mass is 250 g/mol. The van der Waals surface area contributed by atoms with Crippen LogP contribution in [0, 0.1) is 0 Å². The fraction of sp³-hybridized carbons (Fsp3) is 0.500. The smallest absolute Gasteiger partial charge is 0.314 e. The molecular formula is C12H18N4O2. The van der Waals surface area contributed by atoms with E-state index in [9.17, 15) is 9.59 Å². The van der Waals surface area contributed by atoms with Gasteiger partial charge in [-0.25, -0.2) is 0 Å². The maximum absolute atomic E-state index is 11.6. The lowest BCUT2D eigenvalue weighted by molar-refractivity contribution is -0.139. The molecule has 2 heterocycles. The SMILES string of the molecule is O=C(NC1=CC=CCN1)C(=O)NC1CCCCN1. The topological polar surface area (TPSA) is 82.3 Å². The molecule has 6 heteroatoms. The number of piperidine rings is 1. The summed E-state index contributed by atoms with van der Waals surface area (Å²) in [5.74, 6) is -0.697. The van der Waals surface area contributed by atoms with Crippen molar-refractivity contribution in [2.45, 2.75) is 25.4 Å². The molecule has 18 heavy (non-hydrogen) atoms. The molecule has 1 saturated heterocycles. The Morgan fingerprint density at radius 2 is 2.17 bits per heavy atom. The van der Waals surface area contributed by atoms with Crippen molar-refractivity contribution in [2.24, 2.45) is 0 Å². The first kappa shape index (κ1) is 12.6. The van der Waals surface area contributed by atoms with Crippen LogP contribution >= 0.6 is 0 Å². The van der Waals surface area contributed by atoms with Crippen molar-refractivity contribution >= 4 is 11.8 Å². The number of carbonyl (C=O) groups is 2. The highest BCUT2D eigenvalue weighted by molar-refractivity contribution is 6.35. The minimum absolute atomic E-state index is 0.0924. The van der Waals surface area contributed by atoms with Gasteiger partial charge in [0, 0.05) is 6.54 Å². The molecular weight excluding hydrogens is 232 g/mol. The quantitative estimate of drug-likeness (QED) is 0.489. The third kappa shape index (κ3) is 3.59. The molecule has 2 amide bonds. The lowest BCUT2D eigenvalue weighted by atomic mass is 10.1. The molecule has 98 valence electrons. The first-order valence-corrected chi connectivity index (χ1v) is 6.21. The molecule has 0 aliphatic carbocycles. The number of rotatable bonds is 2. The molecule has 1 atom stereocenters. The van der Waals surface area contributed by atoms with Crippen molar-refractivity contribution in [1.82, 2.24) is 21.3 Å². The molecule has 6 nitrogen and oxygen atoms in total. The number of nitrogens with one attached hydrogen (secondary N) is 4. The molecule has 1 unspecified atom stereocenters. The van der Waals surface area contributed by atoms with Gasteiger partial charge >= 0.3 is 11.8 Å². The number of hydrogen-bond donors (Lipinski definition) is 4. The van der Waals surface area contributed by atoms with Crippen LogP contribution < -0.4 is 21.3 Å². The van der Waals surface area contributed by atoms with Crippen LogP contribution in [0.2, 0.25) is 0 Å². The highest BCUT2D eigenvalue weighted by atomic mass is 16.2. The second-order valence-corrected chi connectivity index (χ2v) is 4.32. The van der Waals surface area contributed by atoms with Gasteiger partial charge < -0.3 is 16.0 Å². The number of amides is 2. The molecule has 2 aliphatic heterocycles. The maximum atomic E-state index is 11.6. The number of dihydropyridines is 1. The summed E-state index contributed by atoms with van der Waals surface area (Å²) in [7, 11) is 0. The summed E-state index contributed by atoms with van der Waals surface area (Å²) < 4.78 is 0. The van der Waals surface area contributed by atoms with E-state index in [4.69, 9.17) is 0 Å². The summed E-state index contributed by atoms with van der Waals surface area (Å²) in [5.41, 5.74) is 0. The summed E-state index contributed by atoms with van der Waals surface area (Å²) in [6.45, 7) is 1.53. The molecule has 0 saturated carbocycles. The number of carbonyl (C=O) groups excluding carboxylic acids is 2. The van der Waals surface area contributed by atoms with Gasteiger partial charge in [-0.1, -0.05) is 12.2 Å². The zero-order valence-electron chi connectivity index (χ0n) is 10.2. The summed E-state index contributed by atoms with van der Waals surface area (Å²) in [6.07, 6.45) is 8.41. The second kappa shape index (κ2) is 6.20. The van der Waals surface area contributed by atoms with E-state index in [2.05, 4.69) is 21.3 Å². The van der Waals surface area contributed by atoms with Crippen LogP contribution in [0.15, 0.2) is 24.0 Å². The fourth-order valence-electron chi connectivity index (χ4n) is 1.92. The standard InChI is InChI=1S/C12H18N4O2/c17-11(15-9-5-1-3-7-13-9)12(18)16-10-6-2-4-8-14-10/h1,3,5,10,13-14H,2,4,6-8H2,(H,15,17)(H,16,18). The Kier molecular flexibility index (Phi) is 4.35. The maximum Gasteiger partial charge on any atom is 0.314 e. The lowest BCUT2D eigenvalue weighted by Crippen LogP contribution is -2.52. The van der Waals surface area contributed by atoms with Crippen molar-refractivity contribution in [3.8, 4) is 0 Å².